The molecule has 5 amide bonds. The van der Waals surface area contributed by atoms with Crippen molar-refractivity contribution in [3.63, 3.8) is 0 Å². The van der Waals surface area contributed by atoms with E-state index in [1.165, 1.54) is 11.9 Å². The second-order valence-corrected chi connectivity index (χ2v) is 17.9. The molecule has 0 unspecified atom stereocenters. The fourth-order valence-corrected chi connectivity index (χ4v) is 7.51. The Morgan fingerprint density at radius 3 is 2.00 bits per heavy atom. The zero-order chi connectivity index (χ0) is 47.5. The van der Waals surface area contributed by atoms with Crippen molar-refractivity contribution < 1.29 is 47.8 Å². The molecule has 2 aromatic carbocycles. The monoisotopic (exact) mass is 900 g/mol. The average molecular weight is 901 g/mol. The van der Waals surface area contributed by atoms with Crippen LogP contribution in [-0.2, 0) is 60.6 Å². The number of terminal acetylenes is 1. The van der Waals surface area contributed by atoms with Crippen LogP contribution in [0.15, 0.2) is 60.7 Å². The highest BCUT2D eigenvalue weighted by Crippen LogP contribution is 2.30. The quantitative estimate of drug-likeness (QED) is 0.0544. The first kappa shape index (κ1) is 52.0. The lowest BCUT2D eigenvalue weighted by Crippen LogP contribution is -2.60. The molecule has 0 aliphatic carbocycles. The number of epoxide rings is 1. The summed E-state index contributed by atoms with van der Waals surface area (Å²) in [6.07, 6.45) is 5.79. The van der Waals surface area contributed by atoms with Gasteiger partial charge in [0.25, 0.3) is 0 Å². The number of benzene rings is 2. The lowest BCUT2D eigenvalue weighted by molar-refractivity contribution is -0.161. The maximum absolute atomic E-state index is 15.1. The fraction of sp³-hybridized carbons (Fsp3) is 0.571. The lowest BCUT2D eigenvalue weighted by atomic mass is 9.93. The summed E-state index contributed by atoms with van der Waals surface area (Å²) >= 11 is 0. The van der Waals surface area contributed by atoms with Gasteiger partial charge in [0.15, 0.2) is 12.5 Å². The normalized spacial score (nSPS) is 17.7. The topological polar surface area (TPSA) is 196 Å². The van der Waals surface area contributed by atoms with E-state index in [4.69, 9.17) is 20.6 Å². The predicted molar refractivity (Wildman–Crippen MR) is 244 cm³/mol. The molecule has 2 heterocycles. The summed E-state index contributed by atoms with van der Waals surface area (Å²) in [5.41, 5.74) is 0.629. The number of rotatable bonds is 26. The number of ketones is 1. The Balaban J connectivity index is 1.70. The van der Waals surface area contributed by atoms with Gasteiger partial charge in [0.05, 0.1) is 45.4 Å². The number of nitrogens with zero attached hydrogens (tertiary/aromatic N) is 3. The molecule has 5 atom stereocenters. The van der Waals surface area contributed by atoms with Crippen LogP contribution in [0.3, 0.4) is 0 Å². The number of hydrogen-bond donors (Lipinski definition) is 3. The number of Topliss-reactive ketones (excluding diaryl/α,β-unsaturated/α-hetero) is 1. The third-order valence-corrected chi connectivity index (χ3v) is 11.3. The smallest absolute Gasteiger partial charge is 0.308 e. The Bertz CT molecular complexity index is 1940. The van der Waals surface area contributed by atoms with Gasteiger partial charge in [-0.1, -0.05) is 94.3 Å². The standard InChI is InChI=1S/C49H68N6O10/c1-8-23-53(7)43(57)21-22-44(58)64-33-55(48(62)38(20-19-36-15-11-9-12-16-36)50-42(56)31-54-24-26-63-27-25-54)41(29-35(4)5)47(61)52-40(30-37-17-13-10-14-18-37)46(60)51-39(28-34(2)3)45(59)49(6)32-65-49/h1,9-18,34-35,38-41H,19-33H2,2-7H3,(H,50,56)(H,51,60)(H,52,61)/t38-,39-,40-,41-,49+/m0/s1. The van der Waals surface area contributed by atoms with Crippen LogP contribution in [0.4, 0.5) is 0 Å². The average Bonchev–Trinajstić information content (AvgIpc) is 4.04. The van der Waals surface area contributed by atoms with Crippen LogP contribution in [0.5, 0.6) is 0 Å². The molecule has 2 aromatic rings. The molecule has 16 nitrogen and oxygen atoms in total. The molecule has 65 heavy (non-hydrogen) atoms. The second kappa shape index (κ2) is 25.8. The van der Waals surface area contributed by atoms with Gasteiger partial charge in [-0.3, -0.25) is 43.4 Å². The highest BCUT2D eigenvalue weighted by Gasteiger charge is 2.50. The first-order chi connectivity index (χ1) is 31.0. The highest BCUT2D eigenvalue weighted by molar-refractivity contribution is 5.99. The second-order valence-electron chi connectivity index (χ2n) is 17.9. The van der Waals surface area contributed by atoms with Gasteiger partial charge in [-0.2, -0.15) is 0 Å². The van der Waals surface area contributed by atoms with Crippen LogP contribution in [0, 0.1) is 24.2 Å². The number of nitrogens with one attached hydrogen (secondary N) is 3. The molecule has 4 rings (SSSR count). The van der Waals surface area contributed by atoms with Gasteiger partial charge < -0.3 is 35.1 Å². The fourth-order valence-electron chi connectivity index (χ4n) is 7.51. The summed E-state index contributed by atoms with van der Waals surface area (Å²) in [4.78, 5) is 102. The van der Waals surface area contributed by atoms with Crippen LogP contribution in [0.2, 0.25) is 0 Å². The number of hydrogen-bond acceptors (Lipinski definition) is 11. The maximum atomic E-state index is 15.1. The van der Waals surface area contributed by atoms with Crippen LogP contribution >= 0.6 is 0 Å². The molecule has 0 aromatic heterocycles. The summed E-state index contributed by atoms with van der Waals surface area (Å²) in [7, 11) is 1.52. The third-order valence-electron chi connectivity index (χ3n) is 11.3. The van der Waals surface area contributed by atoms with Gasteiger partial charge in [-0.15, -0.1) is 6.42 Å². The SMILES string of the molecule is C#CCN(C)C(=O)CCC(=O)OCN(C(=O)[C@H](CCc1ccccc1)NC(=O)CN1CCOCC1)[C@@H](CC(C)C)C(=O)N[C@@H](Cc1ccccc1)C(=O)N[C@@H](CC(C)C)C(=O)[C@@]1(C)CO1. The largest absolute Gasteiger partial charge is 0.444 e. The van der Waals surface area contributed by atoms with Crippen molar-refractivity contribution >= 4 is 41.3 Å². The van der Waals surface area contributed by atoms with E-state index < -0.39 is 66.1 Å². The molecule has 3 N–H and O–H groups in total. The van der Waals surface area contributed by atoms with Crippen molar-refractivity contribution in [3.05, 3.63) is 71.8 Å². The van der Waals surface area contributed by atoms with E-state index in [-0.39, 0.29) is 75.3 Å². The molecule has 0 radical (unpaired) electrons. The number of esters is 1. The van der Waals surface area contributed by atoms with Crippen molar-refractivity contribution in [1.82, 2.24) is 30.7 Å². The zero-order valence-electron chi connectivity index (χ0n) is 38.8. The molecular formula is C49H68N6O10. The summed E-state index contributed by atoms with van der Waals surface area (Å²) in [5, 5.41) is 8.72. The van der Waals surface area contributed by atoms with Gasteiger partial charge in [-0.05, 0) is 55.6 Å². The minimum absolute atomic E-state index is 0.00732. The summed E-state index contributed by atoms with van der Waals surface area (Å²) in [5.74, 6) is -1.64. The first-order valence-corrected chi connectivity index (χ1v) is 22.6. The highest BCUT2D eigenvalue weighted by atomic mass is 16.6. The molecule has 0 saturated carbocycles. The van der Waals surface area contributed by atoms with E-state index >= 15 is 4.79 Å². The number of aryl methyl sites for hydroxylation is 1. The Hall–Kier alpha value is -5.63. The van der Waals surface area contributed by atoms with Crippen molar-refractivity contribution in [3.8, 4) is 12.3 Å². The van der Waals surface area contributed by atoms with Crippen LogP contribution in [0.25, 0.3) is 0 Å². The molecule has 354 valence electrons. The molecule has 0 bridgehead atoms. The van der Waals surface area contributed by atoms with Crippen molar-refractivity contribution in [1.29, 1.82) is 0 Å². The number of morpholine rings is 1. The Morgan fingerprint density at radius 2 is 1.42 bits per heavy atom. The van der Waals surface area contributed by atoms with E-state index in [0.717, 1.165) is 16.0 Å². The van der Waals surface area contributed by atoms with Crippen molar-refractivity contribution in [2.24, 2.45) is 11.8 Å². The van der Waals surface area contributed by atoms with Gasteiger partial charge >= 0.3 is 5.97 Å². The van der Waals surface area contributed by atoms with Crippen molar-refractivity contribution in [2.45, 2.75) is 109 Å². The van der Waals surface area contributed by atoms with Gasteiger partial charge in [0.1, 0.15) is 23.7 Å². The summed E-state index contributed by atoms with van der Waals surface area (Å²) in [6, 6.07) is 13.9. The van der Waals surface area contributed by atoms with Gasteiger partial charge in [-0.25, -0.2) is 0 Å². The minimum atomic E-state index is -1.31. The van der Waals surface area contributed by atoms with Crippen LogP contribution in [-0.4, -0.2) is 146 Å². The Kier molecular flexibility index (Phi) is 20.6. The molecule has 0 spiro atoms. The van der Waals surface area contributed by atoms with E-state index in [2.05, 4.69) is 21.9 Å². The van der Waals surface area contributed by atoms with E-state index in [1.54, 1.807) is 6.92 Å². The number of amides is 5. The summed E-state index contributed by atoms with van der Waals surface area (Å²) < 4.78 is 16.6. The maximum Gasteiger partial charge on any atom is 0.308 e. The zero-order valence-corrected chi connectivity index (χ0v) is 38.8. The molecule has 2 fully saturated rings. The third kappa shape index (κ3) is 17.4. The predicted octanol–water partition coefficient (Wildman–Crippen LogP) is 2.67. The van der Waals surface area contributed by atoms with Gasteiger partial charge in [0.2, 0.25) is 29.5 Å². The lowest BCUT2D eigenvalue weighted by Gasteiger charge is -2.35. The Labute approximate surface area is 383 Å². The first-order valence-electron chi connectivity index (χ1n) is 22.6. The molecule has 2 aliphatic rings. The number of carbonyl (C=O) groups is 7. The number of carbonyl (C=O) groups excluding carboxylic acids is 7. The van der Waals surface area contributed by atoms with E-state index in [0.29, 0.717) is 39.1 Å². The van der Waals surface area contributed by atoms with E-state index in [9.17, 15) is 28.8 Å². The van der Waals surface area contributed by atoms with E-state index in [1.807, 2.05) is 93.3 Å². The minimum Gasteiger partial charge on any atom is -0.444 e. The van der Waals surface area contributed by atoms with Crippen LogP contribution < -0.4 is 16.0 Å². The molecule has 16 heteroatoms. The molecule has 2 saturated heterocycles. The molecular weight excluding hydrogens is 833 g/mol. The van der Waals surface area contributed by atoms with Gasteiger partial charge in [0, 0.05) is 33.0 Å². The van der Waals surface area contributed by atoms with Crippen LogP contribution in [0.1, 0.15) is 77.8 Å². The summed E-state index contributed by atoms with van der Waals surface area (Å²) in [6.45, 7) is 10.9. The Morgan fingerprint density at radius 1 is 0.815 bits per heavy atom. The van der Waals surface area contributed by atoms with Crippen molar-refractivity contribution in [2.75, 3.05) is 59.8 Å². The number of ether oxygens (including phenoxy) is 3. The molecule has 2 aliphatic heterocycles.